The maximum absolute atomic E-state index is 2.23. The van der Waals surface area contributed by atoms with Crippen molar-refractivity contribution in [3.8, 4) is 0 Å². The molecule has 7 heavy (non-hydrogen) atoms. The van der Waals surface area contributed by atoms with Crippen molar-refractivity contribution >= 4 is 29.5 Å². The van der Waals surface area contributed by atoms with Crippen molar-refractivity contribution in [2.75, 3.05) is 10.2 Å². The molecule has 0 aliphatic heterocycles. The average molecular weight is 110 g/mol. The Balaban J connectivity index is 2.45. The Kier molecular flexibility index (Phi) is 7.89. The summed E-state index contributed by atoms with van der Waals surface area (Å²) in [7, 11) is 0. The molecule has 38 valence electrons. The molecule has 0 amide bonds. The van der Waals surface area contributed by atoms with Crippen LogP contribution in [0.2, 0.25) is 0 Å². The zero-order valence-electron chi connectivity index (χ0n) is 5.24. The van der Waals surface area contributed by atoms with E-state index in [1.54, 1.807) is 0 Å². The number of unbranched alkanes of at least 4 members (excludes halogenated alkanes) is 1. The summed E-state index contributed by atoms with van der Waals surface area (Å²) >= 11 is 4.24. The van der Waals surface area contributed by atoms with Crippen LogP contribution in [0.1, 0.15) is 19.8 Å². The third kappa shape index (κ3) is 6.95. The van der Waals surface area contributed by atoms with Gasteiger partial charge in [-0.1, -0.05) is 0 Å². The summed E-state index contributed by atoms with van der Waals surface area (Å²) in [4.78, 5) is 0. The van der Waals surface area contributed by atoms with Crippen LogP contribution in [-0.2, 0) is 0 Å². The average Bonchev–Trinajstić information content (AvgIpc) is 1.69. The number of hydrogen-bond donors (Lipinski definition) is 0. The van der Waals surface area contributed by atoms with E-state index in [0.29, 0.717) is 0 Å². The molecule has 0 bridgehead atoms. The van der Waals surface area contributed by atoms with Crippen molar-refractivity contribution in [1.29, 1.82) is 0 Å². The van der Waals surface area contributed by atoms with E-state index in [-0.39, 0.29) is 0 Å². The topological polar surface area (TPSA) is 0 Å². The summed E-state index contributed by atoms with van der Waals surface area (Å²) < 4.78 is 1.28. The molecule has 0 aliphatic rings. The second kappa shape index (κ2) is 6.95. The molecule has 0 fully saturated rings. The molecular weight excluding hydrogens is 99.1 g/mol. The Morgan fingerprint density at radius 2 is 2.29 bits per heavy atom. The molecule has 0 unspecified atom stereocenters. The fourth-order valence-corrected chi connectivity index (χ4v) is 1.17. The van der Waals surface area contributed by atoms with Crippen molar-refractivity contribution in [3.05, 3.63) is 0 Å². The van der Waals surface area contributed by atoms with Gasteiger partial charge in [-0.3, -0.25) is 0 Å². The molecule has 0 N–H and O–H groups in total. The first-order valence-corrected chi connectivity index (χ1v) is 4.15. The SMILES string of the molecule is [Li][CH2]SCCCC. The molecule has 0 nitrogen and oxygen atoms in total. The van der Waals surface area contributed by atoms with E-state index in [1.807, 2.05) is 11.8 Å². The Morgan fingerprint density at radius 1 is 1.57 bits per heavy atom. The molecule has 0 spiro atoms. The summed E-state index contributed by atoms with van der Waals surface area (Å²) in [5.41, 5.74) is 0. The van der Waals surface area contributed by atoms with Crippen molar-refractivity contribution in [1.82, 2.24) is 0 Å². The van der Waals surface area contributed by atoms with Gasteiger partial charge in [0.1, 0.15) is 0 Å². The third-order valence-electron chi connectivity index (χ3n) is 0.846. The first kappa shape index (κ1) is 7.95. The summed E-state index contributed by atoms with van der Waals surface area (Å²) in [6, 6.07) is 0. The molecule has 0 aromatic rings. The Labute approximate surface area is 59.6 Å². The van der Waals surface area contributed by atoms with Gasteiger partial charge in [-0.15, -0.1) is 0 Å². The van der Waals surface area contributed by atoms with E-state index in [2.05, 4.69) is 24.6 Å². The van der Waals surface area contributed by atoms with Gasteiger partial charge in [0.25, 0.3) is 0 Å². The van der Waals surface area contributed by atoms with Gasteiger partial charge in [0.2, 0.25) is 0 Å². The minimum atomic E-state index is 1.28. The first-order chi connectivity index (χ1) is 3.41. The molecule has 0 aromatic heterocycles. The van der Waals surface area contributed by atoms with Gasteiger partial charge in [-0.2, -0.15) is 0 Å². The van der Waals surface area contributed by atoms with Gasteiger partial charge in [-0.25, -0.2) is 0 Å². The van der Waals surface area contributed by atoms with Crippen LogP contribution in [0.4, 0.5) is 0 Å². The monoisotopic (exact) mass is 110 g/mol. The molecule has 0 rings (SSSR count). The predicted octanol–water partition coefficient (Wildman–Crippen LogP) is 1.65. The zero-order valence-corrected chi connectivity index (χ0v) is 6.05. The quantitative estimate of drug-likeness (QED) is 0.391. The van der Waals surface area contributed by atoms with Gasteiger partial charge >= 0.3 is 59.4 Å². The molecule has 0 atom stereocenters. The van der Waals surface area contributed by atoms with Crippen molar-refractivity contribution < 1.29 is 0 Å². The fourth-order valence-electron chi connectivity index (χ4n) is 0.391. The van der Waals surface area contributed by atoms with Crippen LogP contribution in [0.15, 0.2) is 0 Å². The van der Waals surface area contributed by atoms with E-state index >= 15 is 0 Å². The summed E-state index contributed by atoms with van der Waals surface area (Å²) in [5, 5.41) is 0. The maximum atomic E-state index is 2.23. The normalized spacial score (nSPS) is 9.57. The second-order valence-electron chi connectivity index (χ2n) is 1.55. The molecule has 0 heterocycles. The van der Waals surface area contributed by atoms with Crippen LogP contribution in [-0.4, -0.2) is 27.9 Å². The summed E-state index contributed by atoms with van der Waals surface area (Å²) in [5.74, 6) is 1.35. The Morgan fingerprint density at radius 3 is 2.71 bits per heavy atom. The first-order valence-electron chi connectivity index (χ1n) is 2.99. The van der Waals surface area contributed by atoms with Crippen molar-refractivity contribution in [3.63, 3.8) is 0 Å². The summed E-state index contributed by atoms with van der Waals surface area (Å²) in [6.45, 7) is 2.23. The van der Waals surface area contributed by atoms with Crippen LogP contribution >= 0.6 is 11.8 Å². The van der Waals surface area contributed by atoms with Gasteiger partial charge < -0.3 is 0 Å². The number of thioether (sulfide) groups is 1. The molecule has 0 aliphatic carbocycles. The molecular formula is C5H11LiS. The number of rotatable bonds is 4. The standard InChI is InChI=1S/C5H11S.Li/c1-3-4-5-6-2;/h2-5H2,1H3;. The van der Waals surface area contributed by atoms with Crippen LogP contribution in [0, 0.1) is 0 Å². The predicted molar refractivity (Wildman–Crippen MR) is 38.0 cm³/mol. The van der Waals surface area contributed by atoms with Gasteiger partial charge in [0.05, 0.1) is 0 Å². The molecule has 0 radical (unpaired) electrons. The van der Waals surface area contributed by atoms with E-state index in [1.165, 1.54) is 23.0 Å². The van der Waals surface area contributed by atoms with E-state index in [9.17, 15) is 0 Å². The van der Waals surface area contributed by atoms with Crippen molar-refractivity contribution in [2.45, 2.75) is 19.8 Å². The third-order valence-corrected chi connectivity index (χ3v) is 1.83. The van der Waals surface area contributed by atoms with E-state index in [0.717, 1.165) is 0 Å². The van der Waals surface area contributed by atoms with Crippen LogP contribution in [0.25, 0.3) is 0 Å². The van der Waals surface area contributed by atoms with Gasteiger partial charge in [-0.05, 0) is 0 Å². The zero-order chi connectivity index (χ0) is 5.54. The van der Waals surface area contributed by atoms with Crippen molar-refractivity contribution in [2.24, 2.45) is 0 Å². The fraction of sp³-hybridized carbons (Fsp3) is 1.00. The van der Waals surface area contributed by atoms with Crippen LogP contribution in [0.5, 0.6) is 0 Å². The van der Waals surface area contributed by atoms with Crippen LogP contribution < -0.4 is 0 Å². The molecule has 0 saturated heterocycles. The van der Waals surface area contributed by atoms with Gasteiger partial charge in [0.15, 0.2) is 0 Å². The Hall–Kier alpha value is 0.947. The minimum absolute atomic E-state index is 1.28. The molecule has 2 heteroatoms. The van der Waals surface area contributed by atoms with E-state index < -0.39 is 0 Å². The Bertz CT molecular complexity index is 27.3. The second-order valence-corrected chi connectivity index (χ2v) is 2.94. The number of hydrogen-bond acceptors (Lipinski definition) is 1. The molecule has 0 aromatic carbocycles. The van der Waals surface area contributed by atoms with E-state index in [4.69, 9.17) is 0 Å². The molecule has 0 saturated carbocycles. The summed E-state index contributed by atoms with van der Waals surface area (Å²) in [6.07, 6.45) is 2.73. The van der Waals surface area contributed by atoms with Crippen LogP contribution in [0.3, 0.4) is 0 Å². The van der Waals surface area contributed by atoms with Gasteiger partial charge in [0, 0.05) is 0 Å².